The van der Waals surface area contributed by atoms with Crippen molar-refractivity contribution in [3.05, 3.63) is 33.8 Å². The molecule has 1 aromatic rings. The van der Waals surface area contributed by atoms with Crippen molar-refractivity contribution < 1.29 is 4.74 Å². The minimum atomic E-state index is 0.279. The predicted molar refractivity (Wildman–Crippen MR) is 71.1 cm³/mol. The largest absolute Gasteiger partial charge is 0.374 e. The maximum atomic E-state index is 5.78. The molecule has 16 heavy (non-hydrogen) atoms. The molecule has 0 radical (unpaired) electrons. The third kappa shape index (κ3) is 3.89. The number of ether oxygens (including phenoxy) is 1. The topological polar surface area (TPSA) is 35.2 Å². The van der Waals surface area contributed by atoms with E-state index in [1.54, 1.807) is 0 Å². The van der Waals surface area contributed by atoms with Gasteiger partial charge in [-0.25, -0.2) is 0 Å². The van der Waals surface area contributed by atoms with Gasteiger partial charge in [0.25, 0.3) is 0 Å². The van der Waals surface area contributed by atoms with E-state index in [-0.39, 0.29) is 6.10 Å². The van der Waals surface area contributed by atoms with E-state index in [0.29, 0.717) is 19.1 Å². The van der Waals surface area contributed by atoms with Gasteiger partial charge in [0.2, 0.25) is 0 Å². The van der Waals surface area contributed by atoms with Gasteiger partial charge in [0, 0.05) is 11.0 Å². The third-order valence-electron chi connectivity index (χ3n) is 2.79. The molecule has 1 unspecified atom stereocenters. The Morgan fingerprint density at radius 1 is 1.31 bits per heavy atom. The normalized spacial score (nSPS) is 13.1. The first-order valence-electron chi connectivity index (χ1n) is 5.63. The molecule has 0 aliphatic carbocycles. The van der Waals surface area contributed by atoms with E-state index in [0.717, 1.165) is 10.0 Å². The zero-order valence-corrected chi connectivity index (χ0v) is 11.8. The van der Waals surface area contributed by atoms with Gasteiger partial charge in [-0.1, -0.05) is 41.9 Å². The van der Waals surface area contributed by atoms with Crippen molar-refractivity contribution in [1.82, 2.24) is 0 Å². The van der Waals surface area contributed by atoms with Crippen LogP contribution in [0.4, 0.5) is 0 Å². The van der Waals surface area contributed by atoms with E-state index >= 15 is 0 Å². The summed E-state index contributed by atoms with van der Waals surface area (Å²) in [6.07, 6.45) is 0.279. The van der Waals surface area contributed by atoms with Crippen molar-refractivity contribution in [1.29, 1.82) is 0 Å². The molecule has 1 atom stereocenters. The van der Waals surface area contributed by atoms with E-state index in [4.69, 9.17) is 10.5 Å². The number of hydrogen-bond donors (Lipinski definition) is 1. The summed E-state index contributed by atoms with van der Waals surface area (Å²) in [5.74, 6) is 0.544. The monoisotopic (exact) mass is 285 g/mol. The Labute approximate surface area is 106 Å². The molecule has 0 heterocycles. The summed E-state index contributed by atoms with van der Waals surface area (Å²) in [6, 6.07) is 6.17. The summed E-state index contributed by atoms with van der Waals surface area (Å²) in [6.45, 7) is 7.65. The van der Waals surface area contributed by atoms with Crippen LogP contribution in [0, 0.1) is 5.92 Å². The first kappa shape index (κ1) is 13.7. The van der Waals surface area contributed by atoms with E-state index in [1.807, 2.05) is 6.07 Å². The Bertz CT molecular complexity index is 339. The van der Waals surface area contributed by atoms with Crippen LogP contribution < -0.4 is 5.73 Å². The fourth-order valence-corrected chi connectivity index (χ4v) is 1.79. The third-order valence-corrected chi connectivity index (χ3v) is 3.53. The summed E-state index contributed by atoms with van der Waals surface area (Å²) in [5.41, 5.74) is 7.88. The minimum absolute atomic E-state index is 0.279. The molecule has 90 valence electrons. The zero-order valence-electron chi connectivity index (χ0n) is 10.2. The Morgan fingerprint density at radius 3 is 2.50 bits per heavy atom. The van der Waals surface area contributed by atoms with Crippen LogP contribution >= 0.6 is 15.9 Å². The van der Waals surface area contributed by atoms with Crippen LogP contribution in [0.1, 0.15) is 31.9 Å². The molecular weight excluding hydrogens is 266 g/mol. The number of benzene rings is 1. The summed E-state index contributed by atoms with van der Waals surface area (Å²) >= 11 is 3.54. The lowest BCUT2D eigenvalue weighted by Crippen LogP contribution is -2.15. The molecule has 0 aliphatic rings. The van der Waals surface area contributed by atoms with Gasteiger partial charge >= 0.3 is 0 Å². The van der Waals surface area contributed by atoms with Crippen LogP contribution in [0.25, 0.3) is 0 Å². The average Bonchev–Trinajstić information content (AvgIpc) is 2.26. The van der Waals surface area contributed by atoms with Crippen LogP contribution in [0.15, 0.2) is 22.7 Å². The second-order valence-electron chi connectivity index (χ2n) is 4.39. The molecule has 3 heteroatoms. The molecule has 0 bridgehead atoms. The van der Waals surface area contributed by atoms with Crippen LogP contribution in [-0.2, 0) is 17.9 Å². The highest BCUT2D eigenvalue weighted by atomic mass is 79.9. The lowest BCUT2D eigenvalue weighted by molar-refractivity contribution is 0.0232. The fraction of sp³-hybridized carbons (Fsp3) is 0.538. The van der Waals surface area contributed by atoms with E-state index < -0.39 is 0 Å². The van der Waals surface area contributed by atoms with Crippen molar-refractivity contribution in [2.75, 3.05) is 0 Å². The number of rotatable bonds is 5. The molecule has 1 aromatic carbocycles. The molecule has 0 saturated carbocycles. The summed E-state index contributed by atoms with van der Waals surface area (Å²) in [7, 11) is 0. The molecule has 2 N–H and O–H groups in total. The van der Waals surface area contributed by atoms with Gasteiger partial charge in [-0.05, 0) is 30.0 Å². The standard InChI is InChI=1S/C13H20BrNO/c1-9(2)10(3)16-8-12-5-4-11(7-15)6-13(12)14/h4-6,9-10H,7-8,15H2,1-3H3. The molecular formula is C13H20BrNO. The Balaban J connectivity index is 2.61. The van der Waals surface area contributed by atoms with Gasteiger partial charge in [0.15, 0.2) is 0 Å². The fourth-order valence-electron chi connectivity index (χ4n) is 1.25. The van der Waals surface area contributed by atoms with Gasteiger partial charge in [-0.2, -0.15) is 0 Å². The van der Waals surface area contributed by atoms with Crippen molar-refractivity contribution in [2.24, 2.45) is 11.7 Å². The zero-order chi connectivity index (χ0) is 12.1. The van der Waals surface area contributed by atoms with E-state index in [9.17, 15) is 0 Å². The van der Waals surface area contributed by atoms with E-state index in [2.05, 4.69) is 48.8 Å². The van der Waals surface area contributed by atoms with Gasteiger partial charge in [0.1, 0.15) is 0 Å². The number of hydrogen-bond acceptors (Lipinski definition) is 2. The molecule has 0 aromatic heterocycles. The average molecular weight is 286 g/mol. The molecule has 0 amide bonds. The molecule has 2 nitrogen and oxygen atoms in total. The number of halogens is 1. The summed E-state index contributed by atoms with van der Waals surface area (Å²) in [5, 5.41) is 0. The molecule has 0 fully saturated rings. The highest BCUT2D eigenvalue weighted by Crippen LogP contribution is 2.20. The molecule has 0 spiro atoms. The minimum Gasteiger partial charge on any atom is -0.374 e. The maximum Gasteiger partial charge on any atom is 0.0731 e. The van der Waals surface area contributed by atoms with Gasteiger partial charge in [-0.15, -0.1) is 0 Å². The molecule has 1 rings (SSSR count). The SMILES string of the molecule is CC(C)C(C)OCc1ccc(CN)cc1Br. The summed E-state index contributed by atoms with van der Waals surface area (Å²) in [4.78, 5) is 0. The Hall–Kier alpha value is -0.380. The molecule has 0 saturated heterocycles. The van der Waals surface area contributed by atoms with Crippen LogP contribution in [-0.4, -0.2) is 6.10 Å². The molecule has 0 aliphatic heterocycles. The maximum absolute atomic E-state index is 5.78. The first-order chi connectivity index (χ1) is 7.54. The summed E-state index contributed by atoms with van der Waals surface area (Å²) < 4.78 is 6.86. The van der Waals surface area contributed by atoms with Crippen LogP contribution in [0.3, 0.4) is 0 Å². The van der Waals surface area contributed by atoms with Crippen LogP contribution in [0.5, 0.6) is 0 Å². The Kier molecular flexibility index (Phi) is 5.46. The highest BCUT2D eigenvalue weighted by Gasteiger charge is 2.08. The van der Waals surface area contributed by atoms with Crippen molar-refractivity contribution in [2.45, 2.75) is 40.0 Å². The predicted octanol–water partition coefficient (Wildman–Crippen LogP) is 3.47. The second kappa shape index (κ2) is 6.38. The van der Waals surface area contributed by atoms with Crippen molar-refractivity contribution in [3.63, 3.8) is 0 Å². The quantitative estimate of drug-likeness (QED) is 0.899. The highest BCUT2D eigenvalue weighted by molar-refractivity contribution is 9.10. The smallest absolute Gasteiger partial charge is 0.0731 e. The van der Waals surface area contributed by atoms with Crippen molar-refractivity contribution >= 4 is 15.9 Å². The van der Waals surface area contributed by atoms with Gasteiger partial charge in [0.05, 0.1) is 12.7 Å². The van der Waals surface area contributed by atoms with Crippen molar-refractivity contribution in [3.8, 4) is 0 Å². The Morgan fingerprint density at radius 2 is 2.00 bits per heavy atom. The first-order valence-corrected chi connectivity index (χ1v) is 6.43. The number of nitrogens with two attached hydrogens (primary N) is 1. The lowest BCUT2D eigenvalue weighted by Gasteiger charge is -2.17. The second-order valence-corrected chi connectivity index (χ2v) is 5.24. The van der Waals surface area contributed by atoms with Gasteiger partial charge in [-0.3, -0.25) is 0 Å². The van der Waals surface area contributed by atoms with E-state index in [1.165, 1.54) is 5.56 Å². The lowest BCUT2D eigenvalue weighted by atomic mass is 10.1. The van der Waals surface area contributed by atoms with Crippen LogP contribution in [0.2, 0.25) is 0 Å². The van der Waals surface area contributed by atoms with Gasteiger partial charge < -0.3 is 10.5 Å².